The molecule has 2 N–H and O–H groups in total. The fraction of sp³-hybridized carbons (Fsp3) is 0.625. The van der Waals surface area contributed by atoms with Gasteiger partial charge in [-0.2, -0.15) is 0 Å². The van der Waals surface area contributed by atoms with Crippen molar-refractivity contribution in [3.8, 4) is 0 Å². The van der Waals surface area contributed by atoms with Crippen LogP contribution in [0, 0.1) is 24.6 Å². The van der Waals surface area contributed by atoms with E-state index in [-0.39, 0.29) is 11.9 Å². The molecule has 3 unspecified atom stereocenters. The molecule has 1 aliphatic carbocycles. The molecule has 2 rings (SSSR count). The van der Waals surface area contributed by atoms with E-state index in [1.54, 1.807) is 6.07 Å². The van der Waals surface area contributed by atoms with E-state index in [1.807, 2.05) is 13.0 Å². The molecule has 1 saturated carbocycles. The normalized spacial score (nSPS) is 25.3. The highest BCUT2D eigenvalue weighted by molar-refractivity contribution is 5.27. The van der Waals surface area contributed by atoms with Gasteiger partial charge in [0.1, 0.15) is 5.82 Å². The Morgan fingerprint density at radius 3 is 2.83 bits per heavy atom. The van der Waals surface area contributed by atoms with Crippen molar-refractivity contribution in [2.45, 2.75) is 52.0 Å². The third-order valence-electron chi connectivity index (χ3n) is 4.53. The number of nitrogens with two attached hydrogens (primary N) is 1. The first-order valence-electron chi connectivity index (χ1n) is 7.10. The maximum Gasteiger partial charge on any atom is 0.123 e. The van der Waals surface area contributed by atoms with Crippen LogP contribution in [0.15, 0.2) is 18.2 Å². The molecule has 0 saturated heterocycles. The van der Waals surface area contributed by atoms with E-state index in [2.05, 4.69) is 6.92 Å². The molecule has 3 atom stereocenters. The third-order valence-corrected chi connectivity index (χ3v) is 4.53. The Morgan fingerprint density at radius 2 is 2.17 bits per heavy atom. The Kier molecular flexibility index (Phi) is 4.39. The number of rotatable bonds is 4. The third kappa shape index (κ3) is 3.11. The molecule has 1 aromatic rings. The van der Waals surface area contributed by atoms with Crippen LogP contribution in [0.25, 0.3) is 0 Å². The standard InChI is InChI=1S/C16H24FN/c1-3-12-5-6-13(8-12)16(18)10-14-9-15(17)7-4-11(14)2/h4,7,9,12-13,16H,3,5-6,8,10,18H2,1-2H3. The first-order valence-corrected chi connectivity index (χ1v) is 7.10. The fourth-order valence-corrected chi connectivity index (χ4v) is 3.15. The minimum Gasteiger partial charge on any atom is -0.327 e. The molecule has 0 heterocycles. The van der Waals surface area contributed by atoms with Crippen LogP contribution in [0.1, 0.15) is 43.7 Å². The fourth-order valence-electron chi connectivity index (χ4n) is 3.15. The van der Waals surface area contributed by atoms with E-state index in [0.29, 0.717) is 5.92 Å². The molecule has 0 aromatic heterocycles. The Bertz CT molecular complexity index is 402. The summed E-state index contributed by atoms with van der Waals surface area (Å²) in [5, 5.41) is 0. The number of halogens is 1. The van der Waals surface area contributed by atoms with Gasteiger partial charge in [-0.3, -0.25) is 0 Å². The van der Waals surface area contributed by atoms with Gasteiger partial charge in [0.15, 0.2) is 0 Å². The van der Waals surface area contributed by atoms with Gasteiger partial charge in [0.2, 0.25) is 0 Å². The number of hydrogen-bond donors (Lipinski definition) is 1. The second kappa shape index (κ2) is 5.83. The Morgan fingerprint density at radius 1 is 1.39 bits per heavy atom. The van der Waals surface area contributed by atoms with Crippen molar-refractivity contribution in [2.75, 3.05) is 0 Å². The highest BCUT2D eigenvalue weighted by atomic mass is 19.1. The second-order valence-corrected chi connectivity index (χ2v) is 5.79. The first-order chi connectivity index (χ1) is 8.60. The summed E-state index contributed by atoms with van der Waals surface area (Å²) >= 11 is 0. The van der Waals surface area contributed by atoms with Crippen molar-refractivity contribution in [3.63, 3.8) is 0 Å². The molecule has 1 fully saturated rings. The smallest absolute Gasteiger partial charge is 0.123 e. The van der Waals surface area contributed by atoms with E-state index >= 15 is 0 Å². The topological polar surface area (TPSA) is 26.0 Å². The monoisotopic (exact) mass is 249 g/mol. The molecule has 0 aliphatic heterocycles. The van der Waals surface area contributed by atoms with Crippen LogP contribution in [0.5, 0.6) is 0 Å². The van der Waals surface area contributed by atoms with Crippen LogP contribution in [-0.2, 0) is 6.42 Å². The van der Waals surface area contributed by atoms with Gasteiger partial charge in [0.25, 0.3) is 0 Å². The second-order valence-electron chi connectivity index (χ2n) is 5.79. The van der Waals surface area contributed by atoms with Crippen molar-refractivity contribution < 1.29 is 4.39 Å². The summed E-state index contributed by atoms with van der Waals surface area (Å²) in [6.45, 7) is 4.29. The lowest BCUT2D eigenvalue weighted by atomic mass is 9.90. The highest BCUT2D eigenvalue weighted by Gasteiger charge is 2.28. The van der Waals surface area contributed by atoms with Crippen LogP contribution in [0.3, 0.4) is 0 Å². The zero-order chi connectivity index (χ0) is 13.1. The predicted octanol–water partition coefficient (Wildman–Crippen LogP) is 3.83. The van der Waals surface area contributed by atoms with E-state index in [9.17, 15) is 4.39 Å². The maximum atomic E-state index is 13.3. The van der Waals surface area contributed by atoms with Gasteiger partial charge in [-0.15, -0.1) is 0 Å². The quantitative estimate of drug-likeness (QED) is 0.862. The lowest BCUT2D eigenvalue weighted by Gasteiger charge is -2.20. The lowest BCUT2D eigenvalue weighted by Crippen LogP contribution is -2.31. The van der Waals surface area contributed by atoms with Gasteiger partial charge in [0.05, 0.1) is 0 Å². The first kappa shape index (κ1) is 13.5. The zero-order valence-corrected chi connectivity index (χ0v) is 11.5. The molecular weight excluding hydrogens is 225 g/mol. The van der Waals surface area contributed by atoms with E-state index in [4.69, 9.17) is 5.73 Å². The minimum atomic E-state index is -0.152. The van der Waals surface area contributed by atoms with Gasteiger partial charge in [-0.1, -0.05) is 25.8 Å². The average molecular weight is 249 g/mol. The predicted molar refractivity (Wildman–Crippen MR) is 73.9 cm³/mol. The Hall–Kier alpha value is -0.890. The summed E-state index contributed by atoms with van der Waals surface area (Å²) in [5.41, 5.74) is 8.55. The molecule has 1 nitrogen and oxygen atoms in total. The zero-order valence-electron chi connectivity index (χ0n) is 11.5. The van der Waals surface area contributed by atoms with E-state index in [1.165, 1.54) is 31.7 Å². The van der Waals surface area contributed by atoms with Gasteiger partial charge >= 0.3 is 0 Å². The van der Waals surface area contributed by atoms with Gasteiger partial charge in [-0.05, 0) is 61.3 Å². The Labute approximate surface area is 110 Å². The SMILES string of the molecule is CCC1CCC(C(N)Cc2cc(F)ccc2C)C1. The average Bonchev–Trinajstić information content (AvgIpc) is 2.82. The molecular formula is C16H24FN. The van der Waals surface area contributed by atoms with Crippen LogP contribution >= 0.6 is 0 Å². The molecule has 0 amide bonds. The number of aryl methyl sites for hydroxylation is 1. The van der Waals surface area contributed by atoms with Crippen LogP contribution in [0.4, 0.5) is 4.39 Å². The summed E-state index contributed by atoms with van der Waals surface area (Å²) in [4.78, 5) is 0. The molecule has 1 aromatic carbocycles. The maximum absolute atomic E-state index is 13.3. The molecule has 100 valence electrons. The summed E-state index contributed by atoms with van der Waals surface area (Å²) < 4.78 is 13.3. The summed E-state index contributed by atoms with van der Waals surface area (Å²) in [6, 6.07) is 5.19. The largest absolute Gasteiger partial charge is 0.327 e. The molecule has 2 heteroatoms. The van der Waals surface area contributed by atoms with Gasteiger partial charge < -0.3 is 5.73 Å². The summed E-state index contributed by atoms with van der Waals surface area (Å²) in [5.74, 6) is 1.33. The highest BCUT2D eigenvalue weighted by Crippen LogP contribution is 2.35. The molecule has 0 bridgehead atoms. The molecule has 1 aliphatic rings. The molecule has 0 radical (unpaired) electrons. The minimum absolute atomic E-state index is 0.152. The van der Waals surface area contributed by atoms with Crippen LogP contribution < -0.4 is 5.73 Å². The van der Waals surface area contributed by atoms with Crippen molar-refractivity contribution in [3.05, 3.63) is 35.1 Å². The van der Waals surface area contributed by atoms with Gasteiger partial charge in [-0.25, -0.2) is 4.39 Å². The van der Waals surface area contributed by atoms with Crippen molar-refractivity contribution in [2.24, 2.45) is 17.6 Å². The summed E-state index contributed by atoms with van der Waals surface area (Å²) in [7, 11) is 0. The van der Waals surface area contributed by atoms with Crippen LogP contribution in [-0.4, -0.2) is 6.04 Å². The van der Waals surface area contributed by atoms with Gasteiger partial charge in [0, 0.05) is 6.04 Å². The van der Waals surface area contributed by atoms with Crippen molar-refractivity contribution in [1.29, 1.82) is 0 Å². The molecule has 0 spiro atoms. The summed E-state index contributed by atoms with van der Waals surface area (Å²) in [6.07, 6.45) is 5.89. The van der Waals surface area contributed by atoms with Crippen molar-refractivity contribution in [1.82, 2.24) is 0 Å². The number of benzene rings is 1. The number of hydrogen-bond acceptors (Lipinski definition) is 1. The molecule has 18 heavy (non-hydrogen) atoms. The van der Waals surface area contributed by atoms with Crippen LogP contribution in [0.2, 0.25) is 0 Å². The Balaban J connectivity index is 1.98. The lowest BCUT2D eigenvalue weighted by molar-refractivity contribution is 0.404. The van der Waals surface area contributed by atoms with E-state index in [0.717, 1.165) is 23.5 Å². The van der Waals surface area contributed by atoms with Crippen molar-refractivity contribution >= 4 is 0 Å². The van der Waals surface area contributed by atoms with E-state index < -0.39 is 0 Å².